The molecule has 1 N–H and O–H groups in total. The molecule has 1 aromatic rings. The van der Waals surface area contributed by atoms with Crippen LogP contribution in [0.25, 0.3) is 0 Å². The highest BCUT2D eigenvalue weighted by Gasteiger charge is 2.32. The molecule has 1 aliphatic rings. The van der Waals surface area contributed by atoms with Crippen molar-refractivity contribution in [2.75, 3.05) is 6.61 Å². The molecule has 0 bridgehead atoms. The summed E-state index contributed by atoms with van der Waals surface area (Å²) in [5.41, 5.74) is 2.00. The Balaban J connectivity index is 2.07. The molecule has 0 spiro atoms. The van der Waals surface area contributed by atoms with Crippen molar-refractivity contribution in [1.29, 1.82) is 0 Å². The van der Waals surface area contributed by atoms with Crippen LogP contribution >= 0.6 is 0 Å². The van der Waals surface area contributed by atoms with E-state index in [9.17, 15) is 4.79 Å². The summed E-state index contributed by atoms with van der Waals surface area (Å²) in [5, 5.41) is 8.72. The fraction of sp³-hybridized carbons (Fsp3) is 0.364. The smallest absolute Gasteiger partial charge is 0.335 e. The first kappa shape index (κ1) is 10.1. The fourth-order valence-electron chi connectivity index (χ4n) is 1.43. The first-order chi connectivity index (χ1) is 7.16. The van der Waals surface area contributed by atoms with Gasteiger partial charge in [0.15, 0.2) is 12.4 Å². The third-order valence-corrected chi connectivity index (χ3v) is 2.31. The number of hydrogen-bond donors (Lipinski definition) is 1. The molecule has 1 aliphatic heterocycles. The predicted molar refractivity (Wildman–Crippen MR) is 52.4 cm³/mol. The zero-order chi connectivity index (χ0) is 10.8. The van der Waals surface area contributed by atoms with Crippen molar-refractivity contribution < 1.29 is 19.4 Å². The van der Waals surface area contributed by atoms with Gasteiger partial charge in [0, 0.05) is 5.56 Å². The Morgan fingerprint density at radius 3 is 2.60 bits per heavy atom. The Morgan fingerprint density at radius 1 is 1.40 bits per heavy atom. The monoisotopic (exact) mass is 208 g/mol. The molecule has 0 amide bonds. The van der Waals surface area contributed by atoms with Crippen LogP contribution in [0.1, 0.15) is 17.4 Å². The number of carbonyl (C=O) groups is 1. The van der Waals surface area contributed by atoms with E-state index in [4.69, 9.17) is 14.6 Å². The van der Waals surface area contributed by atoms with Crippen LogP contribution in [-0.2, 0) is 14.3 Å². The third kappa shape index (κ3) is 2.16. The molecule has 1 fully saturated rings. The Labute approximate surface area is 87.4 Å². The van der Waals surface area contributed by atoms with Gasteiger partial charge < -0.3 is 14.6 Å². The van der Waals surface area contributed by atoms with Gasteiger partial charge in [-0.1, -0.05) is 29.8 Å². The molecular weight excluding hydrogens is 196 g/mol. The van der Waals surface area contributed by atoms with E-state index < -0.39 is 18.4 Å². The summed E-state index contributed by atoms with van der Waals surface area (Å²) in [4.78, 5) is 10.6. The summed E-state index contributed by atoms with van der Waals surface area (Å²) in [5.74, 6) is -0.982. The van der Waals surface area contributed by atoms with Crippen molar-refractivity contribution in [3.05, 3.63) is 35.4 Å². The second-order valence-electron chi connectivity index (χ2n) is 3.54. The lowest BCUT2D eigenvalue weighted by Crippen LogP contribution is -2.21. The van der Waals surface area contributed by atoms with Crippen LogP contribution in [0.2, 0.25) is 0 Å². The quantitative estimate of drug-likeness (QED) is 0.800. The van der Waals surface area contributed by atoms with Gasteiger partial charge in [0.1, 0.15) is 0 Å². The van der Waals surface area contributed by atoms with Gasteiger partial charge in [-0.3, -0.25) is 0 Å². The average molecular weight is 208 g/mol. The zero-order valence-corrected chi connectivity index (χ0v) is 8.34. The lowest BCUT2D eigenvalue weighted by molar-refractivity contribution is -0.150. The molecule has 2 atom stereocenters. The molecular formula is C11H12O4. The van der Waals surface area contributed by atoms with E-state index in [2.05, 4.69) is 0 Å². The minimum absolute atomic E-state index is 0.105. The second kappa shape index (κ2) is 4.00. The molecule has 0 aliphatic carbocycles. The van der Waals surface area contributed by atoms with Crippen LogP contribution in [0.5, 0.6) is 0 Å². The van der Waals surface area contributed by atoms with Crippen LogP contribution in [0, 0.1) is 6.92 Å². The highest BCUT2D eigenvalue weighted by Crippen LogP contribution is 2.26. The first-order valence-electron chi connectivity index (χ1n) is 4.73. The number of aliphatic carboxylic acids is 1. The minimum atomic E-state index is -0.982. The molecule has 0 radical (unpaired) electrons. The topological polar surface area (TPSA) is 55.8 Å². The molecule has 1 aromatic carbocycles. The molecule has 1 heterocycles. The SMILES string of the molecule is Cc1ccc(C2OCC(C(=O)O)O2)cc1. The largest absolute Gasteiger partial charge is 0.479 e. The molecule has 0 aromatic heterocycles. The summed E-state index contributed by atoms with van der Waals surface area (Å²) in [6.07, 6.45) is -1.40. The van der Waals surface area contributed by atoms with Gasteiger partial charge >= 0.3 is 5.97 Å². The number of ether oxygens (including phenoxy) is 2. The van der Waals surface area contributed by atoms with Crippen molar-refractivity contribution in [3.63, 3.8) is 0 Å². The summed E-state index contributed by atoms with van der Waals surface area (Å²) in [6, 6.07) is 7.64. The number of aryl methyl sites for hydroxylation is 1. The van der Waals surface area contributed by atoms with E-state index in [0.29, 0.717) is 0 Å². The third-order valence-electron chi connectivity index (χ3n) is 2.31. The zero-order valence-electron chi connectivity index (χ0n) is 8.34. The van der Waals surface area contributed by atoms with Gasteiger partial charge in [-0.15, -0.1) is 0 Å². The molecule has 80 valence electrons. The number of hydrogen-bond acceptors (Lipinski definition) is 3. The van der Waals surface area contributed by atoms with Gasteiger partial charge in [-0.25, -0.2) is 4.79 Å². The summed E-state index contributed by atoms with van der Waals surface area (Å²) < 4.78 is 10.5. The number of rotatable bonds is 2. The van der Waals surface area contributed by atoms with Crippen LogP contribution in [0.15, 0.2) is 24.3 Å². The first-order valence-corrected chi connectivity index (χ1v) is 4.73. The molecule has 2 unspecified atom stereocenters. The van der Waals surface area contributed by atoms with E-state index in [1.54, 1.807) is 0 Å². The number of benzene rings is 1. The van der Waals surface area contributed by atoms with E-state index >= 15 is 0 Å². The molecule has 1 saturated heterocycles. The van der Waals surface area contributed by atoms with E-state index in [0.717, 1.165) is 11.1 Å². The number of carboxylic acid groups (broad SMARTS) is 1. The molecule has 15 heavy (non-hydrogen) atoms. The van der Waals surface area contributed by atoms with Crippen molar-refractivity contribution >= 4 is 5.97 Å². The summed E-state index contributed by atoms with van der Waals surface area (Å²) >= 11 is 0. The van der Waals surface area contributed by atoms with Gasteiger partial charge in [-0.05, 0) is 6.92 Å². The fourth-order valence-corrected chi connectivity index (χ4v) is 1.43. The Morgan fingerprint density at radius 2 is 2.07 bits per heavy atom. The Hall–Kier alpha value is -1.39. The van der Waals surface area contributed by atoms with Crippen molar-refractivity contribution in [1.82, 2.24) is 0 Å². The van der Waals surface area contributed by atoms with Crippen LogP contribution in [0.4, 0.5) is 0 Å². The van der Waals surface area contributed by atoms with E-state index in [1.165, 1.54) is 0 Å². The maximum absolute atomic E-state index is 10.6. The van der Waals surface area contributed by atoms with Crippen molar-refractivity contribution in [3.8, 4) is 0 Å². The van der Waals surface area contributed by atoms with E-state index in [-0.39, 0.29) is 6.61 Å². The molecule has 4 nitrogen and oxygen atoms in total. The van der Waals surface area contributed by atoms with Gasteiger partial charge in [0.25, 0.3) is 0 Å². The highest BCUT2D eigenvalue weighted by atomic mass is 16.7. The average Bonchev–Trinajstić information content (AvgIpc) is 2.68. The standard InChI is InChI=1S/C11H12O4/c1-7-2-4-8(5-3-7)11-14-6-9(15-11)10(12)13/h2-5,9,11H,6H2,1H3,(H,12,13). The summed E-state index contributed by atoms with van der Waals surface area (Å²) in [6.45, 7) is 2.09. The Bertz CT molecular complexity index is 357. The van der Waals surface area contributed by atoms with Crippen molar-refractivity contribution in [2.45, 2.75) is 19.3 Å². The normalized spacial score (nSPS) is 25.4. The minimum Gasteiger partial charge on any atom is -0.479 e. The maximum Gasteiger partial charge on any atom is 0.335 e. The van der Waals surface area contributed by atoms with Crippen LogP contribution in [-0.4, -0.2) is 23.8 Å². The molecule has 0 saturated carbocycles. The van der Waals surface area contributed by atoms with Gasteiger partial charge in [0.2, 0.25) is 0 Å². The Kier molecular flexibility index (Phi) is 2.70. The summed E-state index contributed by atoms with van der Waals surface area (Å²) in [7, 11) is 0. The second-order valence-corrected chi connectivity index (χ2v) is 3.54. The predicted octanol–water partition coefficient (Wildman–Crippen LogP) is 1.49. The van der Waals surface area contributed by atoms with Crippen molar-refractivity contribution in [2.24, 2.45) is 0 Å². The lowest BCUT2D eigenvalue weighted by atomic mass is 10.1. The van der Waals surface area contributed by atoms with Gasteiger partial charge in [0.05, 0.1) is 6.61 Å². The highest BCUT2D eigenvalue weighted by molar-refractivity contribution is 5.72. The van der Waals surface area contributed by atoms with Crippen LogP contribution < -0.4 is 0 Å². The van der Waals surface area contributed by atoms with Crippen LogP contribution in [0.3, 0.4) is 0 Å². The molecule has 4 heteroatoms. The lowest BCUT2D eigenvalue weighted by Gasteiger charge is -2.09. The maximum atomic E-state index is 10.6. The van der Waals surface area contributed by atoms with Gasteiger partial charge in [-0.2, -0.15) is 0 Å². The number of carboxylic acids is 1. The molecule has 2 rings (SSSR count). The van der Waals surface area contributed by atoms with E-state index in [1.807, 2.05) is 31.2 Å².